The Balaban J connectivity index is 1.33. The maximum Gasteiger partial charge on any atom is 0.263 e. The van der Waals surface area contributed by atoms with Gasteiger partial charge in [-0.05, 0) is 54.7 Å². The van der Waals surface area contributed by atoms with E-state index >= 15 is 0 Å². The van der Waals surface area contributed by atoms with Crippen LogP contribution in [0.5, 0.6) is 5.75 Å². The van der Waals surface area contributed by atoms with Crippen molar-refractivity contribution in [2.75, 3.05) is 11.4 Å². The first kappa shape index (κ1) is 18.7. The van der Waals surface area contributed by atoms with Gasteiger partial charge < -0.3 is 15.0 Å². The molecule has 1 N–H and O–H groups in total. The van der Waals surface area contributed by atoms with Crippen LogP contribution in [0.25, 0.3) is 5.69 Å². The fourth-order valence-electron chi connectivity index (χ4n) is 4.15. The summed E-state index contributed by atoms with van der Waals surface area (Å²) in [6.07, 6.45) is 5.44. The summed E-state index contributed by atoms with van der Waals surface area (Å²) in [5.41, 5.74) is 3.22. The molecule has 2 aromatic carbocycles. The van der Waals surface area contributed by atoms with Crippen molar-refractivity contribution in [3.63, 3.8) is 0 Å². The van der Waals surface area contributed by atoms with E-state index in [1.54, 1.807) is 6.20 Å². The predicted octanol–water partition coefficient (Wildman–Crippen LogP) is 3.55. The fraction of sp³-hybridized carbons (Fsp3) is 0.333. The number of rotatable bonds is 5. The van der Waals surface area contributed by atoms with Crippen LogP contribution in [0, 0.1) is 5.92 Å². The second-order valence-electron chi connectivity index (χ2n) is 8.24. The van der Waals surface area contributed by atoms with Gasteiger partial charge in [-0.1, -0.05) is 31.2 Å². The van der Waals surface area contributed by atoms with Gasteiger partial charge in [-0.25, -0.2) is 4.68 Å². The standard InChI is InChI=1S/C24H26N4O2/c1-17-7-12-20(17)26-24(29)23-16-27(21-5-2-3-6-22(21)30-23)15-18-8-10-19(11-9-18)28-14-4-13-25-28/h2-6,8-11,13-14,17,20,23H,7,12,15-16H2,1H3,(H,26,29)/t17-,20-,23?/m1/s1. The van der Waals surface area contributed by atoms with E-state index in [1.165, 1.54) is 12.0 Å². The molecule has 3 aromatic rings. The number of hydrogen-bond donors (Lipinski definition) is 1. The number of hydrogen-bond acceptors (Lipinski definition) is 4. The monoisotopic (exact) mass is 402 g/mol. The van der Waals surface area contributed by atoms with Crippen molar-refractivity contribution >= 4 is 11.6 Å². The van der Waals surface area contributed by atoms with Crippen molar-refractivity contribution in [3.8, 4) is 11.4 Å². The average molecular weight is 402 g/mol. The first-order valence-corrected chi connectivity index (χ1v) is 10.6. The van der Waals surface area contributed by atoms with E-state index in [4.69, 9.17) is 4.74 Å². The quantitative estimate of drug-likeness (QED) is 0.709. The Kier molecular flexibility index (Phi) is 4.91. The number of benzene rings is 2. The molecule has 0 saturated heterocycles. The Bertz CT molecular complexity index is 1020. The maximum absolute atomic E-state index is 12.9. The third-order valence-corrected chi connectivity index (χ3v) is 6.18. The maximum atomic E-state index is 12.9. The minimum absolute atomic E-state index is 0.0138. The number of nitrogens with one attached hydrogen (secondary N) is 1. The molecule has 30 heavy (non-hydrogen) atoms. The molecule has 1 aliphatic heterocycles. The van der Waals surface area contributed by atoms with Crippen LogP contribution >= 0.6 is 0 Å². The highest BCUT2D eigenvalue weighted by Gasteiger charge is 2.34. The molecule has 1 saturated carbocycles. The Morgan fingerprint density at radius 2 is 1.97 bits per heavy atom. The predicted molar refractivity (Wildman–Crippen MR) is 116 cm³/mol. The van der Waals surface area contributed by atoms with E-state index in [0.717, 1.165) is 23.5 Å². The van der Waals surface area contributed by atoms with Gasteiger partial charge >= 0.3 is 0 Å². The molecule has 0 spiro atoms. The van der Waals surface area contributed by atoms with Crippen molar-refractivity contribution in [1.29, 1.82) is 0 Å². The molecule has 1 amide bonds. The van der Waals surface area contributed by atoms with Crippen LogP contribution < -0.4 is 15.0 Å². The van der Waals surface area contributed by atoms with Crippen LogP contribution in [-0.2, 0) is 11.3 Å². The van der Waals surface area contributed by atoms with Gasteiger partial charge in [-0.3, -0.25) is 4.79 Å². The number of amides is 1. The molecule has 2 aliphatic rings. The summed E-state index contributed by atoms with van der Waals surface area (Å²) in [6.45, 7) is 3.43. The van der Waals surface area contributed by atoms with Gasteiger partial charge in [-0.15, -0.1) is 0 Å². The van der Waals surface area contributed by atoms with E-state index in [1.807, 2.05) is 35.1 Å². The highest BCUT2D eigenvalue weighted by Crippen LogP contribution is 2.34. The fourth-order valence-corrected chi connectivity index (χ4v) is 4.15. The number of fused-ring (bicyclic) bond motifs is 1. The van der Waals surface area contributed by atoms with Crippen LogP contribution in [-0.4, -0.2) is 34.4 Å². The summed E-state index contributed by atoms with van der Waals surface area (Å²) >= 11 is 0. The molecular formula is C24H26N4O2. The minimum atomic E-state index is -0.504. The van der Waals surface area contributed by atoms with Gasteiger partial charge in [0.25, 0.3) is 5.91 Å². The highest BCUT2D eigenvalue weighted by molar-refractivity contribution is 5.83. The van der Waals surface area contributed by atoms with Crippen LogP contribution in [0.15, 0.2) is 67.0 Å². The molecule has 1 fully saturated rings. The molecule has 0 radical (unpaired) electrons. The second-order valence-corrected chi connectivity index (χ2v) is 8.24. The lowest BCUT2D eigenvalue weighted by molar-refractivity contribution is -0.129. The van der Waals surface area contributed by atoms with Crippen molar-refractivity contribution in [2.45, 2.75) is 38.5 Å². The van der Waals surface area contributed by atoms with Gasteiger partial charge in [0.1, 0.15) is 5.75 Å². The molecule has 1 unspecified atom stereocenters. The van der Waals surface area contributed by atoms with Gasteiger partial charge in [0.15, 0.2) is 6.10 Å². The second kappa shape index (κ2) is 7.86. The number of para-hydroxylation sites is 2. The summed E-state index contributed by atoms with van der Waals surface area (Å²) in [6, 6.07) is 18.5. The molecular weight excluding hydrogens is 376 g/mol. The summed E-state index contributed by atoms with van der Waals surface area (Å²) in [5.74, 6) is 1.30. The van der Waals surface area contributed by atoms with E-state index in [0.29, 0.717) is 19.0 Å². The molecule has 6 heteroatoms. The summed E-state index contributed by atoms with van der Waals surface area (Å²) < 4.78 is 7.91. The normalized spacial score (nSPS) is 22.6. The van der Waals surface area contributed by atoms with E-state index in [9.17, 15) is 4.79 Å². The first-order valence-electron chi connectivity index (χ1n) is 10.6. The lowest BCUT2D eigenvalue weighted by Crippen LogP contribution is -2.54. The van der Waals surface area contributed by atoms with E-state index in [2.05, 4.69) is 52.6 Å². The third-order valence-electron chi connectivity index (χ3n) is 6.18. The van der Waals surface area contributed by atoms with Gasteiger partial charge in [0.2, 0.25) is 0 Å². The first-order chi connectivity index (χ1) is 14.7. The summed E-state index contributed by atoms with van der Waals surface area (Å²) in [4.78, 5) is 15.1. The number of carbonyl (C=O) groups is 1. The molecule has 0 bridgehead atoms. The molecule has 3 atom stereocenters. The Morgan fingerprint density at radius 1 is 1.13 bits per heavy atom. The lowest BCUT2D eigenvalue weighted by Gasteiger charge is -2.39. The molecule has 5 rings (SSSR count). The molecule has 154 valence electrons. The van der Waals surface area contributed by atoms with Crippen molar-refractivity contribution < 1.29 is 9.53 Å². The van der Waals surface area contributed by atoms with Crippen molar-refractivity contribution in [1.82, 2.24) is 15.1 Å². The zero-order valence-electron chi connectivity index (χ0n) is 17.1. The summed E-state index contributed by atoms with van der Waals surface area (Å²) in [5, 5.41) is 7.45. The van der Waals surface area contributed by atoms with Crippen molar-refractivity contribution in [2.24, 2.45) is 5.92 Å². The summed E-state index contributed by atoms with van der Waals surface area (Å²) in [7, 11) is 0. The third kappa shape index (κ3) is 3.65. The largest absolute Gasteiger partial charge is 0.477 e. The van der Waals surface area contributed by atoms with Gasteiger partial charge in [0, 0.05) is 25.0 Å². The van der Waals surface area contributed by atoms with Crippen LogP contribution in [0.1, 0.15) is 25.3 Å². The highest BCUT2D eigenvalue weighted by atomic mass is 16.5. The number of nitrogens with zero attached hydrogens (tertiary/aromatic N) is 3. The zero-order valence-corrected chi connectivity index (χ0v) is 17.1. The SMILES string of the molecule is C[C@@H]1CC[C@H]1NC(=O)C1CN(Cc2ccc(-n3cccn3)cc2)c2ccccc2O1. The van der Waals surface area contributed by atoms with Crippen molar-refractivity contribution in [3.05, 3.63) is 72.6 Å². The Labute approximate surface area is 176 Å². The molecule has 1 aliphatic carbocycles. The zero-order chi connectivity index (χ0) is 20.5. The topological polar surface area (TPSA) is 59.4 Å². The number of carbonyl (C=O) groups excluding carboxylic acids is 1. The van der Waals surface area contributed by atoms with E-state index in [-0.39, 0.29) is 11.9 Å². The number of ether oxygens (including phenoxy) is 1. The van der Waals surface area contributed by atoms with Crippen LogP contribution in [0.2, 0.25) is 0 Å². The smallest absolute Gasteiger partial charge is 0.263 e. The lowest BCUT2D eigenvalue weighted by atomic mass is 9.81. The average Bonchev–Trinajstić information content (AvgIpc) is 3.31. The van der Waals surface area contributed by atoms with E-state index < -0.39 is 6.10 Å². The van der Waals surface area contributed by atoms with Gasteiger partial charge in [0.05, 0.1) is 17.9 Å². The van der Waals surface area contributed by atoms with Crippen LogP contribution in [0.4, 0.5) is 5.69 Å². The van der Waals surface area contributed by atoms with Gasteiger partial charge in [-0.2, -0.15) is 5.10 Å². The minimum Gasteiger partial charge on any atom is -0.477 e. The molecule has 2 heterocycles. The molecule has 6 nitrogen and oxygen atoms in total. The van der Waals surface area contributed by atoms with Crippen LogP contribution in [0.3, 0.4) is 0 Å². The molecule has 1 aromatic heterocycles. The Morgan fingerprint density at radius 3 is 2.67 bits per heavy atom. The number of anilines is 1. The number of aromatic nitrogens is 2. The Hall–Kier alpha value is -3.28.